The van der Waals surface area contributed by atoms with Crippen LogP contribution in [0.15, 0.2) is 18.2 Å². The first-order valence-electron chi connectivity index (χ1n) is 6.59. The summed E-state index contributed by atoms with van der Waals surface area (Å²) < 4.78 is 0. The van der Waals surface area contributed by atoms with Gasteiger partial charge in [-0.3, -0.25) is 9.59 Å². The van der Waals surface area contributed by atoms with Gasteiger partial charge in [-0.1, -0.05) is 0 Å². The Morgan fingerprint density at radius 1 is 1.25 bits per heavy atom. The Kier molecular flexibility index (Phi) is 4.76. The monoisotopic (exact) mass is 277 g/mol. The van der Waals surface area contributed by atoms with Crippen molar-refractivity contribution in [3.05, 3.63) is 23.8 Å². The van der Waals surface area contributed by atoms with E-state index in [4.69, 9.17) is 5.73 Å². The molecule has 1 unspecified atom stereocenters. The molecular weight excluding hydrogens is 254 g/mol. The maximum absolute atomic E-state index is 12.0. The largest absolute Gasteiger partial charge is 0.398 e. The van der Waals surface area contributed by atoms with Crippen molar-refractivity contribution in [2.75, 3.05) is 11.1 Å². The maximum Gasteiger partial charge on any atom is 0.242 e. The van der Waals surface area contributed by atoms with Crippen molar-refractivity contribution in [1.29, 1.82) is 0 Å². The number of carbonyl (C=O) groups excluding carboxylic acids is 2. The molecule has 5 nitrogen and oxygen atoms in total. The van der Waals surface area contributed by atoms with Gasteiger partial charge in [0.15, 0.2) is 5.78 Å². The van der Waals surface area contributed by atoms with E-state index in [1.807, 2.05) is 20.8 Å². The van der Waals surface area contributed by atoms with E-state index in [0.717, 1.165) is 0 Å². The van der Waals surface area contributed by atoms with E-state index in [0.29, 0.717) is 16.9 Å². The number of carbonyl (C=O) groups is 2. The molecule has 0 radical (unpaired) electrons. The molecule has 1 atom stereocenters. The van der Waals surface area contributed by atoms with Crippen LogP contribution in [0.4, 0.5) is 11.4 Å². The molecule has 0 aliphatic heterocycles. The number of amides is 1. The van der Waals surface area contributed by atoms with Crippen LogP contribution in [0.3, 0.4) is 0 Å². The van der Waals surface area contributed by atoms with E-state index in [2.05, 4.69) is 10.6 Å². The third kappa shape index (κ3) is 4.57. The Morgan fingerprint density at radius 2 is 1.85 bits per heavy atom. The minimum absolute atomic E-state index is 0.0763. The highest BCUT2D eigenvalue weighted by Crippen LogP contribution is 2.19. The third-order valence-electron chi connectivity index (χ3n) is 2.71. The van der Waals surface area contributed by atoms with Gasteiger partial charge in [0.2, 0.25) is 5.91 Å². The first-order valence-corrected chi connectivity index (χ1v) is 6.59. The van der Waals surface area contributed by atoms with Gasteiger partial charge in [-0.05, 0) is 52.8 Å². The molecular formula is C15H23N3O2. The number of Topliss-reactive ketones (excluding diaryl/α,β-unsaturated/α-hetero) is 1. The molecule has 1 amide bonds. The van der Waals surface area contributed by atoms with Crippen LogP contribution < -0.4 is 16.4 Å². The summed E-state index contributed by atoms with van der Waals surface area (Å²) in [6.07, 6.45) is 0. The van der Waals surface area contributed by atoms with Gasteiger partial charge in [-0.15, -0.1) is 0 Å². The van der Waals surface area contributed by atoms with Crippen molar-refractivity contribution in [2.24, 2.45) is 0 Å². The summed E-state index contributed by atoms with van der Waals surface area (Å²) in [7, 11) is 0. The van der Waals surface area contributed by atoms with Crippen molar-refractivity contribution in [1.82, 2.24) is 5.32 Å². The van der Waals surface area contributed by atoms with Gasteiger partial charge >= 0.3 is 0 Å². The van der Waals surface area contributed by atoms with Gasteiger partial charge in [-0.25, -0.2) is 0 Å². The molecule has 0 aliphatic rings. The molecule has 1 aromatic carbocycles. The molecule has 1 rings (SSSR count). The summed E-state index contributed by atoms with van der Waals surface area (Å²) in [4.78, 5) is 23.3. The van der Waals surface area contributed by atoms with Crippen LogP contribution in [0.25, 0.3) is 0 Å². The van der Waals surface area contributed by atoms with Gasteiger partial charge < -0.3 is 16.4 Å². The normalized spacial score (nSPS) is 12.7. The summed E-state index contributed by atoms with van der Waals surface area (Å²) in [5.74, 6) is -0.167. The molecule has 110 valence electrons. The highest BCUT2D eigenvalue weighted by atomic mass is 16.2. The van der Waals surface area contributed by atoms with E-state index in [1.54, 1.807) is 25.1 Å². The van der Waals surface area contributed by atoms with Crippen LogP contribution >= 0.6 is 0 Å². The number of benzene rings is 1. The fourth-order valence-corrected chi connectivity index (χ4v) is 1.77. The van der Waals surface area contributed by atoms with E-state index in [9.17, 15) is 9.59 Å². The molecule has 0 spiro atoms. The summed E-state index contributed by atoms with van der Waals surface area (Å²) in [5.41, 5.74) is 7.15. The number of nitrogens with one attached hydrogen (secondary N) is 2. The Bertz CT molecular complexity index is 518. The van der Waals surface area contributed by atoms with Gasteiger partial charge in [-0.2, -0.15) is 0 Å². The number of rotatable bonds is 4. The average molecular weight is 277 g/mol. The van der Waals surface area contributed by atoms with E-state index >= 15 is 0 Å². The van der Waals surface area contributed by atoms with E-state index in [1.165, 1.54) is 6.92 Å². The standard InChI is InChI=1S/C15H23N3O2/c1-9(14(20)18-15(3,4)5)17-11-6-7-12(10(2)19)13(16)8-11/h6-9,17H,16H2,1-5H3,(H,18,20). The van der Waals surface area contributed by atoms with Crippen LogP contribution in [-0.2, 0) is 4.79 Å². The smallest absolute Gasteiger partial charge is 0.242 e. The number of hydrogen-bond donors (Lipinski definition) is 3. The average Bonchev–Trinajstić information content (AvgIpc) is 2.26. The van der Waals surface area contributed by atoms with Gasteiger partial charge in [0.1, 0.15) is 6.04 Å². The van der Waals surface area contributed by atoms with Gasteiger partial charge in [0, 0.05) is 22.5 Å². The Hall–Kier alpha value is -2.04. The summed E-state index contributed by atoms with van der Waals surface area (Å²) in [6.45, 7) is 9.03. The predicted octanol–water partition coefficient (Wildman–Crippen LogP) is 2.19. The number of nitrogen functional groups attached to an aromatic ring is 1. The molecule has 0 heterocycles. The molecule has 5 heteroatoms. The van der Waals surface area contributed by atoms with Crippen LogP contribution in [0.5, 0.6) is 0 Å². The van der Waals surface area contributed by atoms with E-state index in [-0.39, 0.29) is 17.2 Å². The summed E-state index contributed by atoms with van der Waals surface area (Å²) in [5, 5.41) is 5.96. The van der Waals surface area contributed by atoms with Crippen LogP contribution in [0.1, 0.15) is 45.0 Å². The van der Waals surface area contributed by atoms with Crippen molar-refractivity contribution < 1.29 is 9.59 Å². The zero-order valence-corrected chi connectivity index (χ0v) is 12.7. The summed E-state index contributed by atoms with van der Waals surface area (Å²) >= 11 is 0. The van der Waals surface area contributed by atoms with Crippen LogP contribution in [0.2, 0.25) is 0 Å². The topological polar surface area (TPSA) is 84.2 Å². The summed E-state index contributed by atoms with van der Waals surface area (Å²) in [6, 6.07) is 4.68. The molecule has 0 saturated heterocycles. The quantitative estimate of drug-likeness (QED) is 0.582. The van der Waals surface area contributed by atoms with Crippen molar-refractivity contribution in [3.63, 3.8) is 0 Å². The van der Waals surface area contributed by atoms with Crippen molar-refractivity contribution in [3.8, 4) is 0 Å². The fourth-order valence-electron chi connectivity index (χ4n) is 1.77. The molecule has 1 aromatic rings. The lowest BCUT2D eigenvalue weighted by atomic mass is 10.1. The lowest BCUT2D eigenvalue weighted by Gasteiger charge is -2.24. The van der Waals surface area contributed by atoms with Gasteiger partial charge in [0.05, 0.1) is 0 Å². The van der Waals surface area contributed by atoms with Gasteiger partial charge in [0.25, 0.3) is 0 Å². The lowest BCUT2D eigenvalue weighted by Crippen LogP contribution is -2.47. The lowest BCUT2D eigenvalue weighted by molar-refractivity contribution is -0.122. The highest BCUT2D eigenvalue weighted by molar-refractivity contribution is 5.99. The maximum atomic E-state index is 12.0. The zero-order chi connectivity index (χ0) is 15.5. The van der Waals surface area contributed by atoms with Crippen molar-refractivity contribution in [2.45, 2.75) is 46.2 Å². The Labute approximate surface area is 119 Å². The minimum Gasteiger partial charge on any atom is -0.398 e. The highest BCUT2D eigenvalue weighted by Gasteiger charge is 2.19. The second-order valence-corrected chi connectivity index (χ2v) is 5.96. The molecule has 4 N–H and O–H groups in total. The minimum atomic E-state index is -0.392. The fraction of sp³-hybridized carbons (Fsp3) is 0.467. The molecule has 0 bridgehead atoms. The predicted molar refractivity (Wildman–Crippen MR) is 81.8 cm³/mol. The van der Waals surface area contributed by atoms with Crippen LogP contribution in [-0.4, -0.2) is 23.3 Å². The zero-order valence-electron chi connectivity index (χ0n) is 12.7. The molecule has 20 heavy (non-hydrogen) atoms. The number of nitrogens with two attached hydrogens (primary N) is 1. The Morgan fingerprint density at radius 3 is 2.30 bits per heavy atom. The number of anilines is 2. The second kappa shape index (κ2) is 5.94. The second-order valence-electron chi connectivity index (χ2n) is 5.96. The van der Waals surface area contributed by atoms with E-state index < -0.39 is 6.04 Å². The molecule has 0 fully saturated rings. The number of ketones is 1. The SMILES string of the molecule is CC(=O)c1ccc(NC(C)C(=O)NC(C)(C)C)cc1N. The molecule has 0 saturated carbocycles. The van der Waals surface area contributed by atoms with Crippen LogP contribution in [0, 0.1) is 0 Å². The molecule has 0 aromatic heterocycles. The first-order chi connectivity index (χ1) is 9.10. The Balaban J connectivity index is 2.76. The number of hydrogen-bond acceptors (Lipinski definition) is 4. The first kappa shape index (κ1) is 16.0. The van der Waals surface area contributed by atoms with Crippen molar-refractivity contribution >= 4 is 23.1 Å². The molecule has 0 aliphatic carbocycles. The third-order valence-corrected chi connectivity index (χ3v) is 2.71.